The van der Waals surface area contributed by atoms with Crippen LogP contribution in [0.5, 0.6) is 0 Å². The second-order valence-corrected chi connectivity index (χ2v) is 11.1. The van der Waals surface area contributed by atoms with E-state index in [1.54, 1.807) is 0 Å². The normalized spacial score (nSPS) is 19.8. The van der Waals surface area contributed by atoms with Crippen molar-refractivity contribution in [1.82, 2.24) is 0 Å². The molecule has 1 aliphatic carbocycles. The Bertz CT molecular complexity index is 1390. The van der Waals surface area contributed by atoms with Crippen molar-refractivity contribution in [3.63, 3.8) is 0 Å². The fourth-order valence-corrected chi connectivity index (χ4v) is 6.42. The van der Waals surface area contributed by atoms with Gasteiger partial charge < -0.3 is 5.32 Å². The molecule has 2 fully saturated rings. The largest absolute Gasteiger partial charge is 0.343 e. The lowest BCUT2D eigenvalue weighted by Gasteiger charge is -2.37. The predicted molar refractivity (Wildman–Crippen MR) is 131 cm³/mol. The van der Waals surface area contributed by atoms with Gasteiger partial charge >= 0.3 is 0 Å². The highest BCUT2D eigenvalue weighted by Crippen LogP contribution is 2.31. The van der Waals surface area contributed by atoms with Crippen molar-refractivity contribution in [2.24, 2.45) is 11.8 Å². The van der Waals surface area contributed by atoms with Gasteiger partial charge in [0.2, 0.25) is 0 Å². The van der Waals surface area contributed by atoms with E-state index in [0.717, 1.165) is 17.9 Å². The van der Waals surface area contributed by atoms with Gasteiger partial charge in [-0.05, 0) is 25.7 Å². The maximum Gasteiger partial charge on any atom is 0.200 e. The van der Waals surface area contributed by atoms with Gasteiger partial charge in [-0.15, -0.1) is 16.4 Å². The van der Waals surface area contributed by atoms with E-state index in [1.807, 2.05) is 0 Å². The molecule has 1 saturated carbocycles. The van der Waals surface area contributed by atoms with Gasteiger partial charge in [0.1, 0.15) is 34.9 Å². The van der Waals surface area contributed by atoms with Crippen LogP contribution < -0.4 is 21.7 Å². The smallest absolute Gasteiger partial charge is 0.200 e. The number of benzene rings is 3. The zero-order valence-corrected chi connectivity index (χ0v) is 22.9. The molecule has 3 atom stereocenters. The third-order valence-corrected chi connectivity index (χ3v) is 8.62. The molecule has 0 spiro atoms. The minimum Gasteiger partial charge on any atom is -0.343 e. The number of hydrogen-bond donors (Lipinski definition) is 1. The Kier molecular flexibility index (Phi) is 10.1. The SMILES string of the molecule is C[C@H]1CCC[C@H]2CCC[NH2+][C@H]21.Fc1c(F)c(F)c([BH-](c2c(F)c(F)c(F)c(F)c2F)c2c(F)c(F)c(F)c(F)c2F)c(F)c1F. The first kappa shape index (κ1) is 34.5. The molecule has 1 nitrogen and oxygen atoms in total. The van der Waals surface area contributed by atoms with Crippen molar-refractivity contribution >= 4 is 23.1 Å². The third kappa shape index (κ3) is 5.87. The first-order valence-electron chi connectivity index (χ1n) is 13.6. The van der Waals surface area contributed by atoms with Crippen LogP contribution in [0.25, 0.3) is 0 Å². The number of halogens is 15. The molecule has 1 saturated heterocycles. The molecule has 246 valence electrons. The maximum atomic E-state index is 14.4. The van der Waals surface area contributed by atoms with Gasteiger partial charge in [0.15, 0.2) is 52.4 Å². The fourth-order valence-electron chi connectivity index (χ4n) is 6.42. The van der Waals surface area contributed by atoms with E-state index in [9.17, 15) is 65.9 Å². The summed E-state index contributed by atoms with van der Waals surface area (Å²) in [5, 5.41) is 2.61. The summed E-state index contributed by atoms with van der Waals surface area (Å²) >= 11 is 0. The lowest BCUT2D eigenvalue weighted by molar-refractivity contribution is -0.713. The number of fused-ring (bicyclic) bond motifs is 1. The molecule has 1 aliphatic heterocycles. The Balaban J connectivity index is 0.000000348. The molecule has 3 aromatic carbocycles. The van der Waals surface area contributed by atoms with E-state index in [1.165, 1.54) is 38.6 Å². The van der Waals surface area contributed by atoms with Crippen LogP contribution in [0.2, 0.25) is 0 Å². The van der Waals surface area contributed by atoms with Gasteiger partial charge in [0, 0.05) is 11.8 Å². The minimum absolute atomic E-state index is 0.994. The van der Waals surface area contributed by atoms with Crippen molar-refractivity contribution in [2.75, 3.05) is 6.54 Å². The van der Waals surface area contributed by atoms with Crippen LogP contribution in [-0.4, -0.2) is 19.3 Å². The van der Waals surface area contributed by atoms with Gasteiger partial charge in [-0.3, -0.25) is 0 Å². The van der Waals surface area contributed by atoms with Crippen molar-refractivity contribution in [1.29, 1.82) is 0 Å². The lowest BCUT2D eigenvalue weighted by Crippen LogP contribution is -2.94. The molecule has 0 aromatic heterocycles. The summed E-state index contributed by atoms with van der Waals surface area (Å²) in [6, 6.07) is 0.998. The fraction of sp³-hybridized carbons (Fsp3) is 0.357. The molecular weight excluding hydrogens is 646 g/mol. The first-order valence-corrected chi connectivity index (χ1v) is 13.6. The van der Waals surface area contributed by atoms with Crippen LogP contribution in [-0.2, 0) is 0 Å². The van der Waals surface area contributed by atoms with Crippen LogP contribution >= 0.6 is 0 Å². The zero-order valence-electron chi connectivity index (χ0n) is 22.9. The third-order valence-electron chi connectivity index (χ3n) is 8.62. The van der Waals surface area contributed by atoms with Gasteiger partial charge in [-0.25, -0.2) is 65.9 Å². The molecular formula is C28H21BF15N. The molecule has 1 heterocycles. The monoisotopic (exact) mass is 667 g/mol. The van der Waals surface area contributed by atoms with Crippen molar-refractivity contribution in [3.8, 4) is 0 Å². The summed E-state index contributed by atoms with van der Waals surface area (Å²) in [5.41, 5.74) is -7.78. The number of quaternary nitrogens is 1. The Hall–Kier alpha value is -3.37. The van der Waals surface area contributed by atoms with E-state index in [2.05, 4.69) is 12.2 Å². The quantitative estimate of drug-likeness (QED) is 0.172. The number of rotatable bonds is 3. The molecule has 0 unspecified atom stereocenters. The molecule has 0 bridgehead atoms. The minimum atomic E-state index is -5.16. The summed E-state index contributed by atoms with van der Waals surface area (Å²) in [6.07, 6.45) is 7.48. The maximum absolute atomic E-state index is 14.4. The molecule has 0 radical (unpaired) electrons. The lowest BCUT2D eigenvalue weighted by atomic mass is 9.36. The average Bonchev–Trinajstić information content (AvgIpc) is 3.03. The van der Waals surface area contributed by atoms with E-state index in [4.69, 9.17) is 0 Å². The molecule has 17 heteroatoms. The molecule has 2 aliphatic rings. The Morgan fingerprint density at radius 3 is 1.02 bits per heavy atom. The van der Waals surface area contributed by atoms with Gasteiger partial charge in [-0.1, -0.05) is 13.3 Å². The Morgan fingerprint density at radius 2 is 0.711 bits per heavy atom. The van der Waals surface area contributed by atoms with Crippen LogP contribution in [0.1, 0.15) is 39.0 Å². The first-order chi connectivity index (χ1) is 21.0. The van der Waals surface area contributed by atoms with Gasteiger partial charge in [-0.2, -0.15) is 0 Å². The standard InChI is InChI=1S/C18HBF15.C10H19N/c20-4-1(5(21)11(27)16(32)10(4)26)19(2-6(22)12(28)17(33)13(29)7(2)23)3-8(24)14(30)18(34)15(31)9(3)25;1-8-4-2-5-9-6-3-7-11-10(8)9/h19H;8-11H,2-7H2,1H3/q-1;/p+1/t;8-,9-,10-/m.0/s1. The highest BCUT2D eigenvalue weighted by atomic mass is 19.2. The van der Waals surface area contributed by atoms with E-state index in [0.29, 0.717) is 0 Å². The van der Waals surface area contributed by atoms with Gasteiger partial charge in [0.05, 0.1) is 19.3 Å². The van der Waals surface area contributed by atoms with Crippen LogP contribution in [0.4, 0.5) is 65.9 Å². The van der Waals surface area contributed by atoms with E-state index < -0.39 is 110 Å². The predicted octanol–water partition coefficient (Wildman–Crippen LogP) is 5.17. The summed E-state index contributed by atoms with van der Waals surface area (Å²) in [7, 11) is 0. The average molecular weight is 667 g/mol. The van der Waals surface area contributed by atoms with E-state index in [-0.39, 0.29) is 0 Å². The molecule has 0 amide bonds. The number of hydrogen-bond acceptors (Lipinski definition) is 0. The van der Waals surface area contributed by atoms with Crippen LogP contribution in [0.3, 0.4) is 0 Å². The summed E-state index contributed by atoms with van der Waals surface area (Å²) in [4.78, 5) is 0. The van der Waals surface area contributed by atoms with Crippen molar-refractivity contribution in [2.45, 2.75) is 45.1 Å². The number of nitrogens with two attached hydrogens (primary N) is 1. The second-order valence-electron chi connectivity index (χ2n) is 11.1. The Labute approximate surface area is 245 Å². The number of piperidine rings is 1. The van der Waals surface area contributed by atoms with Crippen LogP contribution in [0, 0.1) is 99.1 Å². The second kappa shape index (κ2) is 13.2. The highest BCUT2D eigenvalue weighted by molar-refractivity contribution is 6.95. The van der Waals surface area contributed by atoms with Gasteiger partial charge in [0.25, 0.3) is 0 Å². The molecule has 45 heavy (non-hydrogen) atoms. The summed E-state index contributed by atoms with van der Waals surface area (Å²) in [6.45, 7) is -1.33. The Morgan fingerprint density at radius 1 is 0.422 bits per heavy atom. The van der Waals surface area contributed by atoms with Crippen molar-refractivity contribution < 1.29 is 71.2 Å². The summed E-state index contributed by atoms with van der Waals surface area (Å²) in [5.74, 6) is -42.8. The topological polar surface area (TPSA) is 16.6 Å². The summed E-state index contributed by atoms with van der Waals surface area (Å²) < 4.78 is 209. The molecule has 2 N–H and O–H groups in total. The molecule has 3 aromatic rings. The van der Waals surface area contributed by atoms with Crippen molar-refractivity contribution in [3.05, 3.63) is 87.3 Å². The van der Waals surface area contributed by atoms with Crippen LogP contribution in [0.15, 0.2) is 0 Å². The molecule has 5 rings (SSSR count). The highest BCUT2D eigenvalue weighted by Gasteiger charge is 2.38. The van der Waals surface area contributed by atoms with E-state index >= 15 is 0 Å². The zero-order chi connectivity index (χ0) is 33.7.